The van der Waals surface area contributed by atoms with Crippen molar-refractivity contribution in [2.45, 2.75) is 13.5 Å². The number of Topliss-reactive ketones (excluding diaryl/α,β-unsaturated/α-hetero) is 1. The summed E-state index contributed by atoms with van der Waals surface area (Å²) in [5, 5.41) is 3.77. The quantitative estimate of drug-likeness (QED) is 0.620. The topological polar surface area (TPSA) is 78.0 Å². The van der Waals surface area contributed by atoms with Crippen LogP contribution in [0.4, 0.5) is 0 Å². The summed E-state index contributed by atoms with van der Waals surface area (Å²) in [5.41, 5.74) is 5.41. The van der Waals surface area contributed by atoms with Gasteiger partial charge in [0.15, 0.2) is 5.78 Å². The van der Waals surface area contributed by atoms with Gasteiger partial charge in [0.05, 0.1) is 11.8 Å². The van der Waals surface area contributed by atoms with Gasteiger partial charge in [-0.1, -0.05) is 0 Å². The van der Waals surface area contributed by atoms with E-state index in [9.17, 15) is 9.59 Å². The van der Waals surface area contributed by atoms with Crippen LogP contribution in [0.5, 0.6) is 0 Å². The second-order valence-corrected chi connectivity index (χ2v) is 2.45. The Bertz CT molecular complexity index is 316. The van der Waals surface area contributed by atoms with Gasteiger partial charge in [0.25, 0.3) is 0 Å². The number of carbonyl (C=O) groups excluding carboxylic acids is 2. The normalized spacial score (nSPS) is 9.75. The fraction of sp³-hybridized carbons (Fsp3) is 0.286. The van der Waals surface area contributed by atoms with Crippen LogP contribution in [0.15, 0.2) is 12.4 Å². The summed E-state index contributed by atoms with van der Waals surface area (Å²) in [6.45, 7) is 1.44. The smallest absolute Gasteiger partial charge is 0.239 e. The molecule has 0 saturated carbocycles. The summed E-state index contributed by atoms with van der Waals surface area (Å²) in [7, 11) is 0. The Morgan fingerprint density at radius 2 is 2.33 bits per heavy atom. The number of primary amides is 1. The first kappa shape index (κ1) is 8.45. The highest BCUT2D eigenvalue weighted by atomic mass is 16.1. The van der Waals surface area contributed by atoms with Crippen LogP contribution in [0.1, 0.15) is 17.3 Å². The summed E-state index contributed by atoms with van der Waals surface area (Å²) in [5.74, 6) is -0.557. The molecule has 0 unspecified atom stereocenters. The maximum absolute atomic E-state index is 10.8. The van der Waals surface area contributed by atoms with Crippen molar-refractivity contribution in [1.82, 2.24) is 9.78 Å². The zero-order valence-corrected chi connectivity index (χ0v) is 6.65. The average molecular weight is 167 g/mol. The van der Waals surface area contributed by atoms with Gasteiger partial charge in [-0.3, -0.25) is 14.3 Å². The fourth-order valence-corrected chi connectivity index (χ4v) is 0.792. The Kier molecular flexibility index (Phi) is 2.23. The third-order valence-corrected chi connectivity index (χ3v) is 1.36. The van der Waals surface area contributed by atoms with Crippen molar-refractivity contribution < 1.29 is 9.59 Å². The number of rotatable bonds is 3. The molecule has 5 heteroatoms. The minimum Gasteiger partial charge on any atom is -0.368 e. The molecule has 1 heterocycles. The number of aromatic nitrogens is 2. The molecule has 0 aromatic carbocycles. The number of nitrogens with two attached hydrogens (primary N) is 1. The predicted octanol–water partition coefficient (Wildman–Crippen LogP) is -0.429. The Hall–Kier alpha value is -1.65. The van der Waals surface area contributed by atoms with Crippen molar-refractivity contribution in [3.63, 3.8) is 0 Å². The predicted molar refractivity (Wildman–Crippen MR) is 41.4 cm³/mol. The monoisotopic (exact) mass is 167 g/mol. The molecule has 0 fully saturated rings. The van der Waals surface area contributed by atoms with Crippen LogP contribution in [-0.2, 0) is 11.3 Å². The highest BCUT2D eigenvalue weighted by Gasteiger charge is 2.03. The van der Waals surface area contributed by atoms with E-state index < -0.39 is 5.91 Å². The van der Waals surface area contributed by atoms with Crippen LogP contribution < -0.4 is 5.73 Å². The van der Waals surface area contributed by atoms with Crippen molar-refractivity contribution in [1.29, 1.82) is 0 Å². The van der Waals surface area contributed by atoms with Gasteiger partial charge >= 0.3 is 0 Å². The van der Waals surface area contributed by atoms with Gasteiger partial charge in [0.2, 0.25) is 5.91 Å². The molecule has 0 atom stereocenters. The fourth-order valence-electron chi connectivity index (χ4n) is 0.792. The average Bonchev–Trinajstić information content (AvgIpc) is 2.34. The standard InChI is InChI=1S/C7H9N3O2/c1-5(11)6-2-9-10(3-6)4-7(8)12/h2-3H,4H2,1H3,(H2,8,12). The van der Waals surface area contributed by atoms with E-state index in [2.05, 4.69) is 5.10 Å². The minimum atomic E-state index is -0.479. The van der Waals surface area contributed by atoms with Crippen LogP contribution in [0.3, 0.4) is 0 Å². The van der Waals surface area contributed by atoms with Gasteiger partial charge in [-0.05, 0) is 6.92 Å². The molecule has 0 radical (unpaired) electrons. The first-order valence-electron chi connectivity index (χ1n) is 3.41. The van der Waals surface area contributed by atoms with Crippen molar-refractivity contribution >= 4 is 11.7 Å². The molecule has 0 aliphatic carbocycles. The van der Waals surface area contributed by atoms with Gasteiger partial charge in [0.1, 0.15) is 6.54 Å². The van der Waals surface area contributed by atoms with E-state index in [1.54, 1.807) is 0 Å². The largest absolute Gasteiger partial charge is 0.368 e. The molecule has 64 valence electrons. The molecule has 0 bridgehead atoms. The lowest BCUT2D eigenvalue weighted by atomic mass is 10.3. The number of hydrogen-bond donors (Lipinski definition) is 1. The molecule has 0 aliphatic heterocycles. The molecular weight excluding hydrogens is 158 g/mol. The first-order chi connectivity index (χ1) is 5.59. The minimum absolute atomic E-state index is 0.00722. The maximum Gasteiger partial charge on any atom is 0.239 e. The Labute approximate surface area is 69.2 Å². The van der Waals surface area contributed by atoms with Crippen LogP contribution in [-0.4, -0.2) is 21.5 Å². The van der Waals surface area contributed by atoms with E-state index in [1.165, 1.54) is 24.0 Å². The summed E-state index contributed by atoms with van der Waals surface area (Å²) in [4.78, 5) is 21.2. The molecule has 1 amide bonds. The Morgan fingerprint density at radius 1 is 1.67 bits per heavy atom. The summed E-state index contributed by atoms with van der Waals surface area (Å²) in [6, 6.07) is 0. The molecule has 5 nitrogen and oxygen atoms in total. The molecule has 2 N–H and O–H groups in total. The van der Waals surface area contributed by atoms with E-state index in [4.69, 9.17) is 5.73 Å². The van der Waals surface area contributed by atoms with E-state index in [0.717, 1.165) is 0 Å². The number of ketones is 1. The molecule has 1 aromatic heterocycles. The van der Waals surface area contributed by atoms with Crippen molar-refractivity contribution in [3.8, 4) is 0 Å². The molecule has 1 aromatic rings. The lowest BCUT2D eigenvalue weighted by molar-refractivity contribution is -0.118. The number of carbonyl (C=O) groups is 2. The van der Waals surface area contributed by atoms with E-state index in [-0.39, 0.29) is 12.3 Å². The molecule has 12 heavy (non-hydrogen) atoms. The Balaban J connectivity index is 2.77. The van der Waals surface area contributed by atoms with Gasteiger partial charge < -0.3 is 5.73 Å². The van der Waals surface area contributed by atoms with E-state index in [0.29, 0.717) is 5.56 Å². The van der Waals surface area contributed by atoms with Gasteiger partial charge in [-0.2, -0.15) is 5.10 Å². The zero-order chi connectivity index (χ0) is 9.14. The molecule has 0 spiro atoms. The van der Waals surface area contributed by atoms with Crippen LogP contribution in [0, 0.1) is 0 Å². The summed E-state index contributed by atoms with van der Waals surface area (Å²) < 4.78 is 1.33. The lowest BCUT2D eigenvalue weighted by Crippen LogP contribution is -2.18. The number of amides is 1. The highest BCUT2D eigenvalue weighted by Crippen LogP contribution is 1.97. The highest BCUT2D eigenvalue weighted by molar-refractivity contribution is 5.93. The van der Waals surface area contributed by atoms with Gasteiger partial charge in [-0.15, -0.1) is 0 Å². The van der Waals surface area contributed by atoms with Crippen molar-refractivity contribution in [3.05, 3.63) is 18.0 Å². The Morgan fingerprint density at radius 3 is 2.75 bits per heavy atom. The summed E-state index contributed by atoms with van der Waals surface area (Å²) >= 11 is 0. The third-order valence-electron chi connectivity index (χ3n) is 1.36. The second-order valence-electron chi connectivity index (χ2n) is 2.45. The van der Waals surface area contributed by atoms with Crippen molar-refractivity contribution in [2.75, 3.05) is 0 Å². The van der Waals surface area contributed by atoms with Gasteiger partial charge in [0, 0.05) is 6.20 Å². The molecular formula is C7H9N3O2. The number of hydrogen-bond acceptors (Lipinski definition) is 3. The first-order valence-corrected chi connectivity index (χ1v) is 3.41. The SMILES string of the molecule is CC(=O)c1cnn(CC(N)=O)c1. The van der Waals surface area contributed by atoms with Gasteiger partial charge in [-0.25, -0.2) is 0 Å². The summed E-state index contributed by atoms with van der Waals surface area (Å²) in [6.07, 6.45) is 2.90. The number of nitrogens with zero attached hydrogens (tertiary/aromatic N) is 2. The van der Waals surface area contributed by atoms with E-state index >= 15 is 0 Å². The van der Waals surface area contributed by atoms with Crippen LogP contribution in [0.2, 0.25) is 0 Å². The van der Waals surface area contributed by atoms with Crippen molar-refractivity contribution in [2.24, 2.45) is 5.73 Å². The molecule has 0 saturated heterocycles. The second kappa shape index (κ2) is 3.17. The van der Waals surface area contributed by atoms with E-state index in [1.807, 2.05) is 0 Å². The third kappa shape index (κ3) is 1.91. The van der Waals surface area contributed by atoms with Crippen LogP contribution in [0.25, 0.3) is 0 Å². The zero-order valence-electron chi connectivity index (χ0n) is 6.65. The maximum atomic E-state index is 10.8. The molecule has 1 rings (SSSR count). The lowest BCUT2D eigenvalue weighted by Gasteiger charge is -1.93. The molecule has 0 aliphatic rings. The van der Waals surface area contributed by atoms with Crippen LogP contribution >= 0.6 is 0 Å².